The van der Waals surface area contributed by atoms with Gasteiger partial charge in [-0.15, -0.1) is 24.0 Å². The molecule has 1 saturated carbocycles. The van der Waals surface area contributed by atoms with Crippen LogP contribution in [0.2, 0.25) is 10.0 Å². The van der Waals surface area contributed by atoms with Crippen molar-refractivity contribution in [3.8, 4) is 0 Å². The molecule has 26 heavy (non-hydrogen) atoms. The summed E-state index contributed by atoms with van der Waals surface area (Å²) in [5.41, 5.74) is 0.969. The maximum absolute atomic E-state index is 10.4. The molecule has 1 atom stereocenters. The molecule has 1 aromatic rings. The molecule has 148 valence electrons. The standard InChI is InChI=1S/C18H27Cl2N3O2.HI/c1-3-21-17(23-12-18(4-5-18)6-7-25-2)22-11-16(24)13-8-14(19)10-15(20)9-13;/h8-10,16,24H,3-7,11-12H2,1-2H3,(H2,21,22,23);1H. The highest BCUT2D eigenvalue weighted by Crippen LogP contribution is 2.48. The van der Waals surface area contributed by atoms with Crippen LogP contribution in [0.3, 0.4) is 0 Å². The van der Waals surface area contributed by atoms with Crippen molar-refractivity contribution < 1.29 is 9.84 Å². The van der Waals surface area contributed by atoms with Gasteiger partial charge in [0.2, 0.25) is 0 Å². The van der Waals surface area contributed by atoms with Gasteiger partial charge < -0.3 is 20.5 Å². The van der Waals surface area contributed by atoms with Crippen molar-refractivity contribution in [2.45, 2.75) is 32.3 Å². The summed E-state index contributed by atoms with van der Waals surface area (Å²) >= 11 is 12.0. The molecule has 1 aliphatic carbocycles. The number of aliphatic hydroxyl groups excluding tert-OH is 1. The Morgan fingerprint density at radius 2 is 1.92 bits per heavy atom. The molecule has 1 aliphatic rings. The minimum atomic E-state index is -0.719. The lowest BCUT2D eigenvalue weighted by molar-refractivity contribution is 0.173. The number of aliphatic hydroxyl groups is 1. The van der Waals surface area contributed by atoms with E-state index in [0.29, 0.717) is 28.1 Å². The highest BCUT2D eigenvalue weighted by Gasteiger charge is 2.41. The van der Waals surface area contributed by atoms with Gasteiger partial charge in [-0.1, -0.05) is 23.2 Å². The minimum Gasteiger partial charge on any atom is -0.387 e. The quantitative estimate of drug-likeness (QED) is 0.264. The summed E-state index contributed by atoms with van der Waals surface area (Å²) in [4.78, 5) is 4.68. The van der Waals surface area contributed by atoms with Crippen LogP contribution < -0.4 is 10.6 Å². The van der Waals surface area contributed by atoms with Gasteiger partial charge in [0.25, 0.3) is 0 Å². The molecule has 0 radical (unpaired) electrons. The van der Waals surface area contributed by atoms with Gasteiger partial charge in [0.15, 0.2) is 5.96 Å². The number of hydrogen-bond acceptors (Lipinski definition) is 3. The Morgan fingerprint density at radius 1 is 1.27 bits per heavy atom. The fourth-order valence-electron chi connectivity index (χ4n) is 2.65. The summed E-state index contributed by atoms with van der Waals surface area (Å²) in [5, 5.41) is 17.8. The Morgan fingerprint density at radius 3 is 2.46 bits per heavy atom. The molecule has 0 bridgehead atoms. The van der Waals surface area contributed by atoms with Crippen LogP contribution in [0.25, 0.3) is 0 Å². The lowest BCUT2D eigenvalue weighted by atomic mass is 10.0. The highest BCUT2D eigenvalue weighted by molar-refractivity contribution is 14.0. The van der Waals surface area contributed by atoms with Crippen molar-refractivity contribution in [1.29, 1.82) is 0 Å². The largest absolute Gasteiger partial charge is 0.387 e. The number of nitrogens with one attached hydrogen (secondary N) is 2. The van der Waals surface area contributed by atoms with E-state index in [2.05, 4.69) is 15.6 Å². The average molecular weight is 516 g/mol. The number of nitrogens with zero attached hydrogens (tertiary/aromatic N) is 1. The van der Waals surface area contributed by atoms with Crippen LogP contribution in [-0.4, -0.2) is 44.4 Å². The molecular formula is C18H28Cl2IN3O2. The van der Waals surface area contributed by atoms with Gasteiger partial charge in [0.1, 0.15) is 0 Å². The number of benzene rings is 1. The van der Waals surface area contributed by atoms with Gasteiger partial charge in [0.05, 0.1) is 6.10 Å². The summed E-state index contributed by atoms with van der Waals surface area (Å²) in [5.74, 6) is 0.707. The SMILES string of the molecule is CCNC(=NCC1(CCOC)CC1)NCC(O)c1cc(Cl)cc(Cl)c1.I. The summed E-state index contributed by atoms with van der Waals surface area (Å²) in [6.45, 7) is 4.64. The maximum Gasteiger partial charge on any atom is 0.191 e. The van der Waals surface area contributed by atoms with Gasteiger partial charge in [-0.2, -0.15) is 0 Å². The zero-order valence-electron chi connectivity index (χ0n) is 15.2. The highest BCUT2D eigenvalue weighted by atomic mass is 127. The molecule has 0 heterocycles. The van der Waals surface area contributed by atoms with Gasteiger partial charge in [-0.25, -0.2) is 0 Å². The van der Waals surface area contributed by atoms with Gasteiger partial charge in [-0.3, -0.25) is 4.99 Å². The zero-order chi connectivity index (χ0) is 18.3. The lowest BCUT2D eigenvalue weighted by Gasteiger charge is -2.17. The molecule has 0 amide bonds. The molecule has 0 aliphatic heterocycles. The fraction of sp³-hybridized carbons (Fsp3) is 0.611. The predicted octanol–water partition coefficient (Wildman–Crippen LogP) is 4.02. The maximum atomic E-state index is 10.4. The Hall–Kier alpha value is -0.280. The van der Waals surface area contributed by atoms with Crippen LogP contribution in [0.15, 0.2) is 23.2 Å². The second-order valence-corrected chi connectivity index (χ2v) is 7.41. The third kappa shape index (κ3) is 7.76. The Labute approximate surface area is 182 Å². The Kier molecular flexibility index (Phi) is 10.5. The topological polar surface area (TPSA) is 65.9 Å². The van der Waals surface area contributed by atoms with E-state index in [4.69, 9.17) is 27.9 Å². The van der Waals surface area contributed by atoms with Crippen LogP contribution in [-0.2, 0) is 4.74 Å². The summed E-state index contributed by atoms with van der Waals surface area (Å²) in [6, 6.07) is 5.08. The van der Waals surface area contributed by atoms with Crippen molar-refractivity contribution in [3.63, 3.8) is 0 Å². The second kappa shape index (κ2) is 11.5. The second-order valence-electron chi connectivity index (χ2n) is 6.54. The average Bonchev–Trinajstić information content (AvgIpc) is 3.34. The van der Waals surface area contributed by atoms with Crippen LogP contribution in [0.4, 0.5) is 0 Å². The smallest absolute Gasteiger partial charge is 0.191 e. The van der Waals surface area contributed by atoms with E-state index in [-0.39, 0.29) is 29.4 Å². The van der Waals surface area contributed by atoms with Gasteiger partial charge in [-0.05, 0) is 55.4 Å². The molecule has 1 aromatic carbocycles. The number of rotatable bonds is 9. The van der Waals surface area contributed by atoms with Crippen LogP contribution in [0.1, 0.15) is 37.9 Å². The minimum absolute atomic E-state index is 0. The van der Waals surface area contributed by atoms with E-state index in [1.807, 2.05) is 6.92 Å². The van der Waals surface area contributed by atoms with E-state index >= 15 is 0 Å². The predicted molar refractivity (Wildman–Crippen MR) is 119 cm³/mol. The van der Waals surface area contributed by atoms with E-state index in [9.17, 15) is 5.11 Å². The van der Waals surface area contributed by atoms with Crippen molar-refractivity contribution >= 4 is 53.1 Å². The molecule has 0 spiro atoms. The molecule has 5 nitrogen and oxygen atoms in total. The summed E-state index contributed by atoms with van der Waals surface area (Å²) in [6.07, 6.45) is 2.71. The van der Waals surface area contributed by atoms with E-state index in [0.717, 1.165) is 26.1 Å². The molecular weight excluding hydrogens is 488 g/mol. The first-order chi connectivity index (χ1) is 12.0. The number of methoxy groups -OCH3 is 1. The number of ether oxygens (including phenoxy) is 1. The van der Waals surface area contributed by atoms with Crippen molar-refractivity contribution in [3.05, 3.63) is 33.8 Å². The Balaban J connectivity index is 0.00000338. The zero-order valence-corrected chi connectivity index (χ0v) is 19.1. The number of halogens is 3. The van der Waals surface area contributed by atoms with E-state index in [1.165, 1.54) is 12.8 Å². The first-order valence-electron chi connectivity index (χ1n) is 8.63. The molecule has 1 unspecified atom stereocenters. The molecule has 3 N–H and O–H groups in total. The summed E-state index contributed by atoms with van der Waals surface area (Å²) in [7, 11) is 1.73. The van der Waals surface area contributed by atoms with Crippen molar-refractivity contribution in [2.24, 2.45) is 10.4 Å². The lowest BCUT2D eigenvalue weighted by Crippen LogP contribution is -2.39. The third-order valence-corrected chi connectivity index (χ3v) is 4.88. The molecule has 2 rings (SSSR count). The fourth-order valence-corrected chi connectivity index (χ4v) is 3.19. The van der Waals surface area contributed by atoms with Crippen LogP contribution >= 0.6 is 47.2 Å². The van der Waals surface area contributed by atoms with E-state index < -0.39 is 6.10 Å². The first kappa shape index (κ1) is 23.8. The third-order valence-electron chi connectivity index (χ3n) is 4.44. The van der Waals surface area contributed by atoms with Gasteiger partial charge >= 0.3 is 0 Å². The van der Waals surface area contributed by atoms with Gasteiger partial charge in [0, 0.05) is 43.4 Å². The summed E-state index contributed by atoms with van der Waals surface area (Å²) < 4.78 is 5.18. The van der Waals surface area contributed by atoms with Crippen molar-refractivity contribution in [1.82, 2.24) is 10.6 Å². The normalized spacial score (nSPS) is 16.6. The molecule has 8 heteroatoms. The number of aliphatic imine (C=N–C) groups is 1. The number of guanidine groups is 1. The monoisotopic (exact) mass is 515 g/mol. The first-order valence-corrected chi connectivity index (χ1v) is 9.39. The Bertz CT molecular complexity index is 578. The number of hydrogen-bond donors (Lipinski definition) is 3. The van der Waals surface area contributed by atoms with Crippen LogP contribution in [0.5, 0.6) is 0 Å². The molecule has 1 fully saturated rings. The van der Waals surface area contributed by atoms with E-state index in [1.54, 1.807) is 25.3 Å². The van der Waals surface area contributed by atoms with Crippen LogP contribution in [0, 0.1) is 5.41 Å². The van der Waals surface area contributed by atoms with Crippen molar-refractivity contribution in [2.75, 3.05) is 33.4 Å². The molecule has 0 aromatic heterocycles. The molecule has 0 saturated heterocycles.